The molecule has 2 rings (SSSR count). The number of hydrogen-bond donors (Lipinski definition) is 1. The van der Waals surface area contributed by atoms with Crippen LogP contribution in [0.2, 0.25) is 0 Å². The van der Waals surface area contributed by atoms with E-state index < -0.39 is 0 Å². The van der Waals surface area contributed by atoms with Crippen molar-refractivity contribution in [2.45, 2.75) is 64.0 Å². The highest BCUT2D eigenvalue weighted by atomic mass is 16.5. The lowest BCUT2D eigenvalue weighted by atomic mass is 9.77. The van der Waals surface area contributed by atoms with Crippen molar-refractivity contribution in [3.63, 3.8) is 0 Å². The smallest absolute Gasteiger partial charge is 0.0695 e. The van der Waals surface area contributed by atoms with Gasteiger partial charge in [-0.1, -0.05) is 13.8 Å². The van der Waals surface area contributed by atoms with Crippen LogP contribution in [0.1, 0.15) is 52.4 Å². The van der Waals surface area contributed by atoms with Crippen LogP contribution in [0.4, 0.5) is 0 Å². The highest BCUT2D eigenvalue weighted by Gasteiger charge is 2.37. The maximum atomic E-state index is 6.23. The van der Waals surface area contributed by atoms with Gasteiger partial charge in [-0.3, -0.25) is 0 Å². The van der Waals surface area contributed by atoms with E-state index in [1.54, 1.807) is 0 Å². The molecular formula is C15H30N2O. The van der Waals surface area contributed by atoms with E-state index in [1.807, 2.05) is 0 Å². The summed E-state index contributed by atoms with van der Waals surface area (Å²) in [6, 6.07) is 0.590. The number of likely N-dealkylation sites (tertiary alicyclic amines) is 1. The Morgan fingerprint density at radius 2 is 1.89 bits per heavy atom. The molecule has 0 atom stereocenters. The number of ether oxygens (including phenoxy) is 1. The van der Waals surface area contributed by atoms with Gasteiger partial charge in [0.25, 0.3) is 0 Å². The van der Waals surface area contributed by atoms with Crippen molar-refractivity contribution in [2.24, 2.45) is 0 Å². The molecule has 18 heavy (non-hydrogen) atoms. The molecule has 0 aromatic heterocycles. The minimum atomic E-state index is 0.224. The summed E-state index contributed by atoms with van der Waals surface area (Å²) < 4.78 is 6.23. The Hall–Kier alpha value is -0.120. The molecule has 0 amide bonds. The third-order valence-corrected chi connectivity index (χ3v) is 4.41. The maximum absolute atomic E-state index is 6.23. The van der Waals surface area contributed by atoms with Gasteiger partial charge in [0.1, 0.15) is 0 Å². The predicted octanol–water partition coefficient (Wildman–Crippen LogP) is 2.41. The van der Waals surface area contributed by atoms with Gasteiger partial charge in [0.05, 0.1) is 12.2 Å². The fourth-order valence-corrected chi connectivity index (χ4v) is 3.02. The number of hydrogen-bond acceptors (Lipinski definition) is 3. The second kappa shape index (κ2) is 6.88. The van der Waals surface area contributed by atoms with Crippen molar-refractivity contribution < 1.29 is 4.74 Å². The lowest BCUT2D eigenvalue weighted by molar-refractivity contribution is -0.107. The fraction of sp³-hybridized carbons (Fsp3) is 1.00. The summed E-state index contributed by atoms with van der Waals surface area (Å²) in [7, 11) is 0. The molecule has 2 aliphatic rings. The summed E-state index contributed by atoms with van der Waals surface area (Å²) in [5, 5.41) is 3.51. The third-order valence-electron chi connectivity index (χ3n) is 4.41. The first-order chi connectivity index (χ1) is 8.70. The number of nitrogens with zero attached hydrogens (tertiary/aromatic N) is 1. The van der Waals surface area contributed by atoms with Crippen LogP contribution in [0.15, 0.2) is 0 Å². The quantitative estimate of drug-likeness (QED) is 0.720. The van der Waals surface area contributed by atoms with Gasteiger partial charge in [-0.15, -0.1) is 0 Å². The van der Waals surface area contributed by atoms with Crippen molar-refractivity contribution in [3.8, 4) is 0 Å². The van der Waals surface area contributed by atoms with E-state index in [0.717, 1.165) is 19.7 Å². The van der Waals surface area contributed by atoms with E-state index in [4.69, 9.17) is 4.74 Å². The Kier molecular flexibility index (Phi) is 5.46. The van der Waals surface area contributed by atoms with E-state index in [2.05, 4.69) is 24.1 Å². The molecule has 0 unspecified atom stereocenters. The molecule has 1 saturated carbocycles. The minimum Gasteiger partial charge on any atom is -0.374 e. The van der Waals surface area contributed by atoms with Crippen LogP contribution in [0.5, 0.6) is 0 Å². The summed E-state index contributed by atoms with van der Waals surface area (Å²) in [6.07, 6.45) is 7.84. The molecule has 1 saturated heterocycles. The van der Waals surface area contributed by atoms with Gasteiger partial charge in [-0.25, -0.2) is 0 Å². The normalized spacial score (nSPS) is 23.5. The molecule has 1 aliphatic carbocycles. The van der Waals surface area contributed by atoms with Gasteiger partial charge in [-0.2, -0.15) is 0 Å². The zero-order valence-electron chi connectivity index (χ0n) is 12.2. The zero-order valence-corrected chi connectivity index (χ0v) is 12.2. The molecule has 0 spiro atoms. The highest BCUT2D eigenvalue weighted by molar-refractivity contribution is 4.90. The first kappa shape index (κ1) is 14.3. The van der Waals surface area contributed by atoms with Crippen molar-refractivity contribution in [1.82, 2.24) is 10.2 Å². The molecule has 1 aliphatic heterocycles. The van der Waals surface area contributed by atoms with Crippen molar-refractivity contribution >= 4 is 0 Å². The monoisotopic (exact) mass is 254 g/mol. The second-order valence-electron chi connectivity index (χ2n) is 6.29. The van der Waals surface area contributed by atoms with E-state index >= 15 is 0 Å². The van der Waals surface area contributed by atoms with Gasteiger partial charge in [-0.05, 0) is 58.2 Å². The van der Waals surface area contributed by atoms with Crippen LogP contribution in [-0.4, -0.2) is 49.3 Å². The van der Waals surface area contributed by atoms with Gasteiger partial charge >= 0.3 is 0 Å². The Bertz CT molecular complexity index is 233. The van der Waals surface area contributed by atoms with Crippen molar-refractivity contribution in [3.05, 3.63) is 0 Å². The first-order valence-electron chi connectivity index (χ1n) is 7.80. The van der Waals surface area contributed by atoms with Crippen LogP contribution in [-0.2, 0) is 4.74 Å². The largest absolute Gasteiger partial charge is 0.374 e. The molecule has 0 aromatic carbocycles. The molecule has 3 heteroatoms. The van der Waals surface area contributed by atoms with Crippen LogP contribution in [0.3, 0.4) is 0 Å². The molecule has 106 valence electrons. The van der Waals surface area contributed by atoms with E-state index in [1.165, 1.54) is 51.6 Å². The Labute approximate surface area is 112 Å². The molecule has 0 radical (unpaired) electrons. The zero-order chi connectivity index (χ0) is 12.8. The molecular weight excluding hydrogens is 224 g/mol. The Morgan fingerprint density at radius 1 is 1.17 bits per heavy atom. The van der Waals surface area contributed by atoms with E-state index in [-0.39, 0.29) is 5.60 Å². The first-order valence-corrected chi connectivity index (χ1v) is 7.80. The molecule has 1 N–H and O–H groups in total. The van der Waals surface area contributed by atoms with E-state index in [9.17, 15) is 0 Å². The van der Waals surface area contributed by atoms with Crippen LogP contribution < -0.4 is 5.32 Å². The van der Waals surface area contributed by atoms with Crippen LogP contribution in [0.25, 0.3) is 0 Å². The highest BCUT2D eigenvalue weighted by Crippen LogP contribution is 2.38. The van der Waals surface area contributed by atoms with Gasteiger partial charge in [0, 0.05) is 12.6 Å². The summed E-state index contributed by atoms with van der Waals surface area (Å²) in [4.78, 5) is 2.54. The third kappa shape index (κ3) is 4.22. The predicted molar refractivity (Wildman–Crippen MR) is 76.0 cm³/mol. The number of nitrogens with one attached hydrogen (secondary N) is 1. The van der Waals surface area contributed by atoms with E-state index in [0.29, 0.717) is 6.04 Å². The lowest BCUT2D eigenvalue weighted by Crippen LogP contribution is -2.44. The summed E-state index contributed by atoms with van der Waals surface area (Å²) in [5.74, 6) is 0. The summed E-state index contributed by atoms with van der Waals surface area (Å²) >= 11 is 0. The number of rotatable bonds is 8. The Balaban J connectivity index is 1.61. The Morgan fingerprint density at radius 3 is 2.44 bits per heavy atom. The molecule has 3 nitrogen and oxygen atoms in total. The molecule has 1 heterocycles. The summed E-state index contributed by atoms with van der Waals surface area (Å²) in [5.41, 5.74) is 0.224. The second-order valence-corrected chi connectivity index (χ2v) is 6.29. The van der Waals surface area contributed by atoms with Gasteiger partial charge in [0.15, 0.2) is 0 Å². The minimum absolute atomic E-state index is 0.224. The van der Waals surface area contributed by atoms with Crippen LogP contribution in [0, 0.1) is 0 Å². The van der Waals surface area contributed by atoms with Crippen LogP contribution >= 0.6 is 0 Å². The lowest BCUT2D eigenvalue weighted by Gasteiger charge is -2.42. The summed E-state index contributed by atoms with van der Waals surface area (Å²) in [6.45, 7) is 10.2. The fourth-order valence-electron chi connectivity index (χ4n) is 3.02. The topological polar surface area (TPSA) is 24.5 Å². The molecule has 0 bridgehead atoms. The molecule has 0 aromatic rings. The SMILES string of the molecule is CC(C)NCCC1(OCCN2CCCC2)CCC1. The standard InChI is InChI=1S/C15H30N2O/c1-14(2)16-9-8-15(6-5-7-15)18-13-12-17-10-3-4-11-17/h14,16H,3-13H2,1-2H3. The van der Waals surface area contributed by atoms with Gasteiger partial charge in [0.2, 0.25) is 0 Å². The average molecular weight is 254 g/mol. The average Bonchev–Trinajstić information content (AvgIpc) is 2.77. The van der Waals surface area contributed by atoms with Gasteiger partial charge < -0.3 is 15.0 Å². The van der Waals surface area contributed by atoms with Crippen molar-refractivity contribution in [2.75, 3.05) is 32.8 Å². The van der Waals surface area contributed by atoms with Crippen molar-refractivity contribution in [1.29, 1.82) is 0 Å². The maximum Gasteiger partial charge on any atom is 0.0695 e. The molecule has 2 fully saturated rings.